The van der Waals surface area contributed by atoms with E-state index in [2.05, 4.69) is 4.98 Å². The van der Waals surface area contributed by atoms with Crippen molar-refractivity contribution in [2.24, 2.45) is 0 Å². The van der Waals surface area contributed by atoms with E-state index < -0.39 is 4.92 Å². The fourth-order valence-electron chi connectivity index (χ4n) is 0.363. The number of nitrogen functional groups attached to an aromatic ring is 1. The van der Waals surface area contributed by atoms with E-state index in [-0.39, 0.29) is 16.7 Å². The highest BCUT2D eigenvalue weighted by atomic mass is 32.1. The Morgan fingerprint density at radius 2 is 2.42 bits per heavy atom. The Hall–Kier alpha value is -1.21. The molecule has 0 saturated heterocycles. The van der Waals surface area contributed by atoms with E-state index in [1.165, 1.54) is 0 Å². The minimum Gasteiger partial charge on any atom is -0.397 e. The van der Waals surface area contributed by atoms with Crippen LogP contribution in [-0.4, -0.2) is 21.6 Å². The van der Waals surface area contributed by atoms with E-state index in [4.69, 9.17) is 10.8 Å². The van der Waals surface area contributed by atoms with Crippen LogP contribution in [0.25, 0.3) is 0 Å². The second kappa shape index (κ2) is 5.44. The van der Waals surface area contributed by atoms with Crippen molar-refractivity contribution in [3.05, 3.63) is 16.3 Å². The maximum absolute atomic E-state index is 9.93. The molecule has 7 heteroatoms. The van der Waals surface area contributed by atoms with Gasteiger partial charge < -0.3 is 10.8 Å². The van der Waals surface area contributed by atoms with Gasteiger partial charge in [0.15, 0.2) is 5.13 Å². The Morgan fingerprint density at radius 3 is 2.58 bits per heavy atom. The number of hydrogen-bond donors (Lipinski definition) is 2. The molecular weight excluding hydrogens is 182 g/mol. The van der Waals surface area contributed by atoms with Crippen LogP contribution in [0.5, 0.6) is 0 Å². The number of rotatable bonds is 1. The summed E-state index contributed by atoms with van der Waals surface area (Å²) in [5, 5.41) is 17.7. The lowest BCUT2D eigenvalue weighted by atomic mass is 10.9. The summed E-state index contributed by atoms with van der Waals surface area (Å²) in [7, 11) is 0. The molecule has 0 atom stereocenters. The van der Waals surface area contributed by atoms with E-state index >= 15 is 0 Å². The molecule has 0 aliphatic carbocycles. The summed E-state index contributed by atoms with van der Waals surface area (Å²) in [5.41, 5.74) is 5.12. The van der Waals surface area contributed by atoms with Crippen LogP contribution in [-0.2, 0) is 0 Å². The van der Waals surface area contributed by atoms with Crippen LogP contribution in [0.15, 0.2) is 6.20 Å². The van der Waals surface area contributed by atoms with E-state index in [9.17, 15) is 10.1 Å². The van der Waals surface area contributed by atoms with Crippen LogP contribution >= 0.6 is 11.3 Å². The van der Waals surface area contributed by atoms with Gasteiger partial charge in [-0.1, -0.05) is 0 Å². The van der Waals surface area contributed by atoms with Crippen LogP contribution in [0.1, 0.15) is 6.92 Å². The molecule has 0 aliphatic heterocycles. The number of hydrogen-bond acceptors (Lipinski definition) is 6. The summed E-state index contributed by atoms with van der Waals surface area (Å²) in [6.45, 7) is 1.93. The molecular formula is C5H9N3O3S. The third-order valence-electron chi connectivity index (χ3n) is 0.691. The van der Waals surface area contributed by atoms with Crippen LogP contribution in [0, 0.1) is 10.1 Å². The number of aliphatic hydroxyl groups excluding tert-OH is 1. The first-order chi connectivity index (χ1) is 5.61. The first kappa shape index (κ1) is 10.8. The highest BCUT2D eigenvalue weighted by molar-refractivity contribution is 7.18. The average Bonchev–Trinajstić information content (AvgIpc) is 2.37. The average molecular weight is 191 g/mol. The molecule has 68 valence electrons. The predicted molar refractivity (Wildman–Crippen MR) is 45.9 cm³/mol. The third-order valence-corrected chi connectivity index (χ3v) is 1.47. The van der Waals surface area contributed by atoms with Crippen molar-refractivity contribution >= 4 is 21.5 Å². The molecule has 0 aromatic carbocycles. The van der Waals surface area contributed by atoms with Crippen LogP contribution in [0.2, 0.25) is 0 Å². The normalized spacial score (nSPS) is 8.50. The van der Waals surface area contributed by atoms with Crippen molar-refractivity contribution in [2.45, 2.75) is 6.92 Å². The molecule has 1 heterocycles. The summed E-state index contributed by atoms with van der Waals surface area (Å²) in [6.07, 6.45) is 1.14. The Kier molecular flexibility index (Phi) is 4.89. The lowest BCUT2D eigenvalue weighted by Crippen LogP contribution is -1.80. The van der Waals surface area contributed by atoms with Gasteiger partial charge in [-0.15, -0.1) is 0 Å². The number of nitrogens with two attached hydrogens (primary N) is 1. The van der Waals surface area contributed by atoms with E-state index in [1.54, 1.807) is 6.92 Å². The standard InChI is InChI=1S/C3H3N3O2S.C2H6O/c4-3-5-1-2(9-3)6(7)8;1-2-3/h1H,(H2,4,5);3H,2H2,1H3. The Balaban J connectivity index is 0.000000354. The van der Waals surface area contributed by atoms with Gasteiger partial charge in [-0.2, -0.15) is 0 Å². The van der Waals surface area contributed by atoms with Crippen LogP contribution in [0.4, 0.5) is 10.1 Å². The summed E-state index contributed by atoms with van der Waals surface area (Å²) in [4.78, 5) is 12.9. The molecule has 6 nitrogen and oxygen atoms in total. The monoisotopic (exact) mass is 191 g/mol. The molecule has 0 radical (unpaired) electrons. The van der Waals surface area contributed by atoms with Crippen molar-refractivity contribution in [3.8, 4) is 0 Å². The fraction of sp³-hybridized carbons (Fsp3) is 0.400. The molecule has 1 aromatic rings. The SMILES string of the molecule is CCO.Nc1ncc([N+](=O)[O-])s1. The summed E-state index contributed by atoms with van der Waals surface area (Å²) in [5.74, 6) is 0. The largest absolute Gasteiger partial charge is 0.397 e. The second-order valence-corrected chi connectivity index (χ2v) is 2.65. The number of nitrogens with zero attached hydrogens (tertiary/aromatic N) is 2. The van der Waals surface area contributed by atoms with Gasteiger partial charge in [-0.3, -0.25) is 10.1 Å². The van der Waals surface area contributed by atoms with Crippen LogP contribution in [0.3, 0.4) is 0 Å². The lowest BCUT2D eigenvalue weighted by Gasteiger charge is -1.76. The van der Waals surface area contributed by atoms with E-state index in [0.717, 1.165) is 17.5 Å². The first-order valence-electron chi connectivity index (χ1n) is 3.08. The topological polar surface area (TPSA) is 102 Å². The summed E-state index contributed by atoms with van der Waals surface area (Å²) < 4.78 is 0. The van der Waals surface area contributed by atoms with Crippen molar-refractivity contribution < 1.29 is 10.0 Å². The molecule has 0 aliphatic rings. The van der Waals surface area contributed by atoms with E-state index in [1.807, 2.05) is 0 Å². The fourth-order valence-corrected chi connectivity index (χ4v) is 0.863. The van der Waals surface area contributed by atoms with Gasteiger partial charge in [-0.25, -0.2) is 4.98 Å². The lowest BCUT2D eigenvalue weighted by molar-refractivity contribution is -0.380. The number of anilines is 1. The minimum absolute atomic E-state index is 0.0208. The van der Waals surface area contributed by atoms with Gasteiger partial charge in [0.1, 0.15) is 6.20 Å². The van der Waals surface area contributed by atoms with Gasteiger partial charge in [0.05, 0.1) is 4.92 Å². The van der Waals surface area contributed by atoms with Gasteiger partial charge >= 0.3 is 5.00 Å². The zero-order valence-corrected chi connectivity index (χ0v) is 7.24. The summed E-state index contributed by atoms with van der Waals surface area (Å²) >= 11 is 0.863. The molecule has 0 bridgehead atoms. The van der Waals surface area contributed by atoms with Gasteiger partial charge in [0.2, 0.25) is 0 Å². The number of thiazole rings is 1. The Morgan fingerprint density at radius 1 is 1.92 bits per heavy atom. The molecule has 12 heavy (non-hydrogen) atoms. The zero-order valence-electron chi connectivity index (χ0n) is 6.43. The van der Waals surface area contributed by atoms with Crippen molar-refractivity contribution in [3.63, 3.8) is 0 Å². The number of nitro groups is 1. The number of aromatic nitrogens is 1. The van der Waals surface area contributed by atoms with Crippen LogP contribution < -0.4 is 5.73 Å². The molecule has 0 amide bonds. The van der Waals surface area contributed by atoms with Crippen molar-refractivity contribution in [2.75, 3.05) is 12.3 Å². The molecule has 0 spiro atoms. The molecule has 0 saturated carbocycles. The Bertz CT molecular complexity index is 250. The van der Waals surface area contributed by atoms with Gasteiger partial charge in [0, 0.05) is 6.61 Å². The van der Waals surface area contributed by atoms with Crippen molar-refractivity contribution in [1.82, 2.24) is 4.98 Å². The Labute approximate surface area is 72.8 Å². The number of aliphatic hydroxyl groups is 1. The van der Waals surface area contributed by atoms with Gasteiger partial charge in [-0.05, 0) is 18.3 Å². The van der Waals surface area contributed by atoms with Gasteiger partial charge in [0.25, 0.3) is 0 Å². The van der Waals surface area contributed by atoms with Crippen molar-refractivity contribution in [1.29, 1.82) is 0 Å². The highest BCUT2D eigenvalue weighted by Crippen LogP contribution is 2.21. The maximum Gasteiger partial charge on any atom is 0.345 e. The smallest absolute Gasteiger partial charge is 0.345 e. The molecule has 1 aromatic heterocycles. The predicted octanol–water partition coefficient (Wildman–Crippen LogP) is 0.632. The molecule has 3 N–H and O–H groups in total. The maximum atomic E-state index is 9.93. The second-order valence-electron chi connectivity index (χ2n) is 1.61. The molecule has 1 rings (SSSR count). The molecule has 0 unspecified atom stereocenters. The molecule has 0 fully saturated rings. The third kappa shape index (κ3) is 3.84. The quantitative estimate of drug-likeness (QED) is 0.500. The summed E-state index contributed by atoms with van der Waals surface area (Å²) in [6, 6.07) is 0. The first-order valence-corrected chi connectivity index (χ1v) is 3.90. The highest BCUT2D eigenvalue weighted by Gasteiger charge is 2.07. The minimum atomic E-state index is -0.520. The zero-order chi connectivity index (χ0) is 9.56. The van der Waals surface area contributed by atoms with E-state index in [0.29, 0.717) is 0 Å².